The van der Waals surface area contributed by atoms with Crippen LogP contribution in [0.25, 0.3) is 0 Å². The number of nitrogens with zero attached hydrogens (tertiary/aromatic N) is 1. The first-order valence-electron chi connectivity index (χ1n) is 8.13. The predicted molar refractivity (Wildman–Crippen MR) is 90.7 cm³/mol. The zero-order valence-corrected chi connectivity index (χ0v) is 13.7. The summed E-state index contributed by atoms with van der Waals surface area (Å²) in [7, 11) is 0. The molecule has 1 aromatic carbocycles. The maximum Gasteiger partial charge on any atom is 0.224 e. The van der Waals surface area contributed by atoms with E-state index in [1.807, 2.05) is 43.3 Å². The number of rotatable bonds is 6. The van der Waals surface area contributed by atoms with Crippen LogP contribution in [-0.2, 0) is 22.7 Å². The predicted octanol–water partition coefficient (Wildman–Crippen LogP) is 1.96. The Morgan fingerprint density at radius 3 is 2.25 bits per heavy atom. The summed E-state index contributed by atoms with van der Waals surface area (Å²) in [5.41, 5.74) is 3.24. The largest absolute Gasteiger partial charge is 0.352 e. The molecule has 2 aromatic rings. The molecule has 1 heterocycles. The van der Waals surface area contributed by atoms with Gasteiger partial charge in [0, 0.05) is 25.5 Å². The zero-order valence-electron chi connectivity index (χ0n) is 13.7. The number of benzene rings is 1. The van der Waals surface area contributed by atoms with Crippen LogP contribution >= 0.6 is 0 Å². The molecule has 2 unspecified atom stereocenters. The SMILES string of the molecule is Cc1cccc(CNC(=O)C2CC2C(=O)NCc2ccncc2)c1. The molecule has 24 heavy (non-hydrogen) atoms. The Balaban J connectivity index is 1.42. The third kappa shape index (κ3) is 4.19. The van der Waals surface area contributed by atoms with Crippen LogP contribution in [0, 0.1) is 18.8 Å². The van der Waals surface area contributed by atoms with Gasteiger partial charge in [-0.25, -0.2) is 0 Å². The molecule has 1 fully saturated rings. The average Bonchev–Trinajstić information content (AvgIpc) is 3.39. The second-order valence-corrected chi connectivity index (χ2v) is 6.23. The van der Waals surface area contributed by atoms with Crippen molar-refractivity contribution >= 4 is 11.8 Å². The average molecular weight is 323 g/mol. The lowest BCUT2D eigenvalue weighted by molar-refractivity contribution is -0.127. The Labute approximate surface area is 141 Å². The molecule has 3 rings (SSSR count). The number of aryl methyl sites for hydroxylation is 1. The van der Waals surface area contributed by atoms with E-state index in [4.69, 9.17) is 0 Å². The summed E-state index contributed by atoms with van der Waals surface area (Å²) in [6.45, 7) is 2.99. The van der Waals surface area contributed by atoms with Gasteiger partial charge in [0.2, 0.25) is 11.8 Å². The molecule has 5 heteroatoms. The van der Waals surface area contributed by atoms with Gasteiger partial charge in [-0.15, -0.1) is 0 Å². The molecule has 1 aliphatic carbocycles. The normalized spacial score (nSPS) is 18.7. The lowest BCUT2D eigenvalue weighted by Crippen LogP contribution is -2.29. The number of carbonyl (C=O) groups is 2. The van der Waals surface area contributed by atoms with Crippen molar-refractivity contribution in [1.29, 1.82) is 0 Å². The molecule has 2 amide bonds. The van der Waals surface area contributed by atoms with Gasteiger partial charge < -0.3 is 10.6 Å². The third-order valence-electron chi connectivity index (χ3n) is 4.23. The van der Waals surface area contributed by atoms with Gasteiger partial charge in [0.05, 0.1) is 11.8 Å². The molecule has 2 atom stereocenters. The fourth-order valence-electron chi connectivity index (χ4n) is 2.74. The van der Waals surface area contributed by atoms with Crippen molar-refractivity contribution in [2.45, 2.75) is 26.4 Å². The van der Waals surface area contributed by atoms with E-state index in [9.17, 15) is 9.59 Å². The van der Waals surface area contributed by atoms with Crippen LogP contribution in [0.1, 0.15) is 23.1 Å². The van der Waals surface area contributed by atoms with Crippen LogP contribution in [-0.4, -0.2) is 16.8 Å². The van der Waals surface area contributed by atoms with Crippen LogP contribution in [0.4, 0.5) is 0 Å². The van der Waals surface area contributed by atoms with E-state index in [2.05, 4.69) is 15.6 Å². The van der Waals surface area contributed by atoms with E-state index in [-0.39, 0.29) is 23.7 Å². The Hall–Kier alpha value is -2.69. The Morgan fingerprint density at radius 2 is 1.62 bits per heavy atom. The number of amides is 2. The number of hydrogen-bond donors (Lipinski definition) is 2. The monoisotopic (exact) mass is 323 g/mol. The van der Waals surface area contributed by atoms with E-state index in [1.165, 1.54) is 5.56 Å². The summed E-state index contributed by atoms with van der Waals surface area (Å²) in [6.07, 6.45) is 4.02. The van der Waals surface area contributed by atoms with Gasteiger partial charge in [0.25, 0.3) is 0 Å². The fraction of sp³-hybridized carbons (Fsp3) is 0.316. The second-order valence-electron chi connectivity index (χ2n) is 6.23. The molecule has 1 aliphatic rings. The van der Waals surface area contributed by atoms with Crippen LogP contribution < -0.4 is 10.6 Å². The number of pyridine rings is 1. The lowest BCUT2D eigenvalue weighted by Gasteiger charge is -2.07. The summed E-state index contributed by atoms with van der Waals surface area (Å²) in [6, 6.07) is 11.8. The van der Waals surface area contributed by atoms with Crippen molar-refractivity contribution in [3.63, 3.8) is 0 Å². The minimum atomic E-state index is -0.204. The topological polar surface area (TPSA) is 71.1 Å². The van der Waals surface area contributed by atoms with Crippen LogP contribution in [0.2, 0.25) is 0 Å². The third-order valence-corrected chi connectivity index (χ3v) is 4.23. The minimum Gasteiger partial charge on any atom is -0.352 e. The number of aromatic nitrogens is 1. The highest BCUT2D eigenvalue weighted by Crippen LogP contribution is 2.38. The standard InChI is InChI=1S/C19H21N3O2/c1-13-3-2-4-15(9-13)12-22-19(24)17-10-16(17)18(23)21-11-14-5-7-20-8-6-14/h2-9,16-17H,10-12H2,1H3,(H,21,23)(H,22,24). The maximum atomic E-state index is 12.2. The first-order chi connectivity index (χ1) is 11.6. The van der Waals surface area contributed by atoms with Gasteiger partial charge in [0.1, 0.15) is 0 Å². The first-order valence-corrected chi connectivity index (χ1v) is 8.13. The van der Waals surface area contributed by atoms with Crippen molar-refractivity contribution in [3.05, 3.63) is 65.5 Å². The van der Waals surface area contributed by atoms with Gasteiger partial charge in [-0.2, -0.15) is 0 Å². The van der Waals surface area contributed by atoms with Crippen molar-refractivity contribution in [2.24, 2.45) is 11.8 Å². The quantitative estimate of drug-likeness (QED) is 0.854. The van der Waals surface area contributed by atoms with Gasteiger partial charge in [-0.3, -0.25) is 14.6 Å². The summed E-state index contributed by atoms with van der Waals surface area (Å²) >= 11 is 0. The number of hydrogen-bond acceptors (Lipinski definition) is 3. The van der Waals surface area contributed by atoms with Crippen molar-refractivity contribution in [1.82, 2.24) is 15.6 Å². The van der Waals surface area contributed by atoms with Gasteiger partial charge in [-0.05, 0) is 36.6 Å². The molecule has 5 nitrogen and oxygen atoms in total. The fourth-order valence-corrected chi connectivity index (χ4v) is 2.74. The van der Waals surface area contributed by atoms with Gasteiger partial charge >= 0.3 is 0 Å². The Bertz CT molecular complexity index is 730. The van der Waals surface area contributed by atoms with Crippen LogP contribution in [0.3, 0.4) is 0 Å². The molecule has 124 valence electrons. The van der Waals surface area contributed by atoms with E-state index < -0.39 is 0 Å². The van der Waals surface area contributed by atoms with E-state index in [0.717, 1.165) is 11.1 Å². The molecule has 1 aromatic heterocycles. The molecular weight excluding hydrogens is 302 g/mol. The van der Waals surface area contributed by atoms with E-state index >= 15 is 0 Å². The molecule has 2 N–H and O–H groups in total. The van der Waals surface area contributed by atoms with Gasteiger partial charge in [0.15, 0.2) is 0 Å². The molecule has 1 saturated carbocycles. The summed E-state index contributed by atoms with van der Waals surface area (Å²) < 4.78 is 0. The smallest absolute Gasteiger partial charge is 0.224 e. The molecule has 0 saturated heterocycles. The lowest BCUT2D eigenvalue weighted by atomic mass is 10.1. The maximum absolute atomic E-state index is 12.2. The van der Waals surface area contributed by atoms with Crippen molar-refractivity contribution < 1.29 is 9.59 Å². The van der Waals surface area contributed by atoms with Crippen molar-refractivity contribution in [3.8, 4) is 0 Å². The Kier molecular flexibility index (Phi) is 4.89. The van der Waals surface area contributed by atoms with Gasteiger partial charge in [-0.1, -0.05) is 29.8 Å². The number of nitrogens with one attached hydrogen (secondary N) is 2. The van der Waals surface area contributed by atoms with E-state index in [0.29, 0.717) is 19.5 Å². The summed E-state index contributed by atoms with van der Waals surface area (Å²) in [5, 5.41) is 5.80. The van der Waals surface area contributed by atoms with Crippen LogP contribution in [0.5, 0.6) is 0 Å². The molecule has 0 radical (unpaired) electrons. The molecule has 0 bridgehead atoms. The number of carbonyl (C=O) groups excluding carboxylic acids is 2. The molecule has 0 aliphatic heterocycles. The van der Waals surface area contributed by atoms with Crippen molar-refractivity contribution in [2.75, 3.05) is 0 Å². The summed E-state index contributed by atoms with van der Waals surface area (Å²) in [5.74, 6) is -0.500. The highest BCUT2D eigenvalue weighted by molar-refractivity contribution is 5.92. The second kappa shape index (κ2) is 7.25. The minimum absolute atomic E-state index is 0.0411. The highest BCUT2D eigenvalue weighted by atomic mass is 16.2. The highest BCUT2D eigenvalue weighted by Gasteiger charge is 2.47. The molecule has 0 spiro atoms. The first kappa shape index (κ1) is 16.2. The zero-order chi connectivity index (χ0) is 16.9. The van der Waals surface area contributed by atoms with Crippen LogP contribution in [0.15, 0.2) is 48.8 Å². The van der Waals surface area contributed by atoms with E-state index in [1.54, 1.807) is 12.4 Å². The molecular formula is C19H21N3O2. The summed E-state index contributed by atoms with van der Waals surface area (Å²) in [4.78, 5) is 28.2. The Morgan fingerprint density at radius 1 is 1.00 bits per heavy atom.